The van der Waals surface area contributed by atoms with Crippen molar-refractivity contribution in [1.29, 1.82) is 0 Å². The zero-order valence-electron chi connectivity index (χ0n) is 10.6. The van der Waals surface area contributed by atoms with Crippen LogP contribution in [0.25, 0.3) is 0 Å². The third kappa shape index (κ3) is 4.76. The Balaban J connectivity index is 2.71. The Hall–Kier alpha value is -2.62. The minimum absolute atomic E-state index is 0.0772. The van der Waals surface area contributed by atoms with E-state index >= 15 is 0 Å². The van der Waals surface area contributed by atoms with Gasteiger partial charge in [-0.1, -0.05) is 0 Å². The fourth-order valence-electron chi connectivity index (χ4n) is 1.37. The molecule has 0 fully saturated rings. The molecule has 3 N–H and O–H groups in total. The van der Waals surface area contributed by atoms with Gasteiger partial charge in [-0.05, 0) is 6.07 Å². The number of carbonyl (C=O) groups excluding carboxylic acids is 2. The second-order valence-electron chi connectivity index (χ2n) is 3.82. The molecular formula is C11H11F2N3O5. The van der Waals surface area contributed by atoms with Crippen LogP contribution in [0, 0.1) is 21.7 Å². The van der Waals surface area contributed by atoms with Crippen LogP contribution >= 0.6 is 0 Å². The summed E-state index contributed by atoms with van der Waals surface area (Å²) in [7, 11) is 0. The van der Waals surface area contributed by atoms with Gasteiger partial charge in [0.15, 0.2) is 11.6 Å². The van der Waals surface area contributed by atoms with Crippen molar-refractivity contribution >= 4 is 17.5 Å². The molecule has 0 spiro atoms. The van der Waals surface area contributed by atoms with Gasteiger partial charge in [0.1, 0.15) is 12.2 Å². The predicted octanol–water partition coefficient (Wildman–Crippen LogP) is 0.105. The van der Waals surface area contributed by atoms with Gasteiger partial charge >= 0.3 is 0 Å². The molecule has 1 rings (SSSR count). The Morgan fingerprint density at radius 2 is 1.95 bits per heavy atom. The molecule has 0 aliphatic carbocycles. The zero-order valence-corrected chi connectivity index (χ0v) is 10.6. The van der Waals surface area contributed by atoms with Crippen molar-refractivity contribution in [3.63, 3.8) is 0 Å². The maximum atomic E-state index is 13.1. The molecule has 0 aliphatic heterocycles. The SMILES string of the molecule is NC(=O)COCCNC(=O)c1cc(F)c(F)cc1[N+](=O)[O-]. The maximum Gasteiger partial charge on any atom is 0.285 e. The molecule has 0 saturated carbocycles. The average Bonchev–Trinajstić information content (AvgIpc) is 2.40. The van der Waals surface area contributed by atoms with E-state index in [4.69, 9.17) is 10.5 Å². The number of nitro groups is 1. The number of hydrogen-bond acceptors (Lipinski definition) is 5. The van der Waals surface area contributed by atoms with Gasteiger partial charge in [0.05, 0.1) is 17.6 Å². The second kappa shape index (κ2) is 7.24. The summed E-state index contributed by atoms with van der Waals surface area (Å²) in [6.45, 7) is -0.518. The normalized spacial score (nSPS) is 10.2. The summed E-state index contributed by atoms with van der Waals surface area (Å²) >= 11 is 0. The minimum atomic E-state index is -1.43. The fourth-order valence-corrected chi connectivity index (χ4v) is 1.37. The van der Waals surface area contributed by atoms with Crippen molar-refractivity contribution in [1.82, 2.24) is 5.32 Å². The summed E-state index contributed by atoms with van der Waals surface area (Å²) in [5, 5.41) is 12.9. The quantitative estimate of drug-likeness (QED) is 0.420. The van der Waals surface area contributed by atoms with E-state index in [9.17, 15) is 28.5 Å². The molecule has 0 aromatic heterocycles. The van der Waals surface area contributed by atoms with Gasteiger partial charge in [0, 0.05) is 6.54 Å². The average molecular weight is 303 g/mol. The molecule has 0 saturated heterocycles. The molecule has 114 valence electrons. The van der Waals surface area contributed by atoms with Crippen LogP contribution in [0.2, 0.25) is 0 Å². The molecule has 8 nitrogen and oxygen atoms in total. The first-order chi connectivity index (χ1) is 9.82. The first-order valence-electron chi connectivity index (χ1n) is 5.60. The summed E-state index contributed by atoms with van der Waals surface area (Å²) < 4.78 is 30.7. The number of benzene rings is 1. The molecule has 10 heteroatoms. The molecule has 1 aromatic rings. The third-order valence-electron chi connectivity index (χ3n) is 2.26. The predicted molar refractivity (Wildman–Crippen MR) is 65.4 cm³/mol. The molecule has 1 aromatic carbocycles. The summed E-state index contributed by atoms with van der Waals surface area (Å²) in [4.78, 5) is 31.7. The smallest absolute Gasteiger partial charge is 0.285 e. The highest BCUT2D eigenvalue weighted by atomic mass is 19.2. The Morgan fingerprint density at radius 1 is 1.33 bits per heavy atom. The third-order valence-corrected chi connectivity index (χ3v) is 2.26. The molecule has 0 atom stereocenters. The minimum Gasteiger partial charge on any atom is -0.370 e. The Labute approximate surface area is 117 Å². The van der Waals surface area contributed by atoms with Crippen molar-refractivity contribution < 1.29 is 28.0 Å². The number of rotatable bonds is 7. The number of carbonyl (C=O) groups is 2. The van der Waals surface area contributed by atoms with Gasteiger partial charge in [0.2, 0.25) is 5.91 Å². The number of nitrogens with one attached hydrogen (secondary N) is 1. The number of nitro benzene ring substituents is 1. The molecule has 0 radical (unpaired) electrons. The van der Waals surface area contributed by atoms with Crippen LogP contribution in [-0.2, 0) is 9.53 Å². The van der Waals surface area contributed by atoms with E-state index in [1.54, 1.807) is 0 Å². The summed E-state index contributed by atoms with van der Waals surface area (Å²) in [5.41, 5.74) is 3.33. The van der Waals surface area contributed by atoms with E-state index in [0.717, 1.165) is 0 Å². The van der Waals surface area contributed by atoms with E-state index < -0.39 is 39.6 Å². The van der Waals surface area contributed by atoms with Crippen LogP contribution in [-0.4, -0.2) is 36.5 Å². The Kier molecular flexibility index (Phi) is 5.67. The van der Waals surface area contributed by atoms with E-state index in [1.165, 1.54) is 0 Å². The largest absolute Gasteiger partial charge is 0.370 e. The van der Waals surface area contributed by atoms with E-state index in [-0.39, 0.29) is 19.8 Å². The van der Waals surface area contributed by atoms with Crippen molar-refractivity contribution in [2.24, 2.45) is 5.73 Å². The molecule has 0 aliphatic rings. The number of amides is 2. The molecule has 2 amide bonds. The van der Waals surface area contributed by atoms with Crippen molar-refractivity contribution in [3.05, 3.63) is 39.4 Å². The van der Waals surface area contributed by atoms with Crippen LogP contribution in [0.15, 0.2) is 12.1 Å². The van der Waals surface area contributed by atoms with E-state index in [2.05, 4.69) is 5.32 Å². The summed E-state index contributed by atoms with van der Waals surface area (Å²) in [5.74, 6) is -4.47. The summed E-state index contributed by atoms with van der Waals surface area (Å²) in [6.07, 6.45) is 0. The standard InChI is InChI=1S/C11H11F2N3O5/c12-7-3-6(9(16(19)20)4-8(7)13)11(18)15-1-2-21-5-10(14)17/h3-4H,1-2,5H2,(H2,14,17)(H,15,18). The number of nitrogens with zero attached hydrogens (tertiary/aromatic N) is 1. The molecular weight excluding hydrogens is 292 g/mol. The molecule has 0 unspecified atom stereocenters. The Bertz CT molecular complexity index is 579. The number of hydrogen-bond donors (Lipinski definition) is 2. The lowest BCUT2D eigenvalue weighted by Crippen LogP contribution is -2.29. The van der Waals surface area contributed by atoms with Crippen molar-refractivity contribution in [3.8, 4) is 0 Å². The highest BCUT2D eigenvalue weighted by molar-refractivity contribution is 5.98. The number of ether oxygens (including phenoxy) is 1. The first-order valence-corrected chi connectivity index (χ1v) is 5.60. The zero-order chi connectivity index (χ0) is 16.0. The molecule has 0 bridgehead atoms. The van der Waals surface area contributed by atoms with Crippen molar-refractivity contribution in [2.75, 3.05) is 19.8 Å². The van der Waals surface area contributed by atoms with Gasteiger partial charge in [-0.3, -0.25) is 19.7 Å². The van der Waals surface area contributed by atoms with Gasteiger partial charge in [-0.2, -0.15) is 0 Å². The van der Waals surface area contributed by atoms with Crippen LogP contribution < -0.4 is 11.1 Å². The number of primary amides is 1. The van der Waals surface area contributed by atoms with Crippen LogP contribution in [0.5, 0.6) is 0 Å². The lowest BCUT2D eigenvalue weighted by molar-refractivity contribution is -0.385. The van der Waals surface area contributed by atoms with Gasteiger partial charge in [-0.15, -0.1) is 0 Å². The number of nitrogens with two attached hydrogens (primary N) is 1. The lowest BCUT2D eigenvalue weighted by Gasteiger charge is -2.06. The Morgan fingerprint density at radius 3 is 2.52 bits per heavy atom. The van der Waals surface area contributed by atoms with E-state index in [0.29, 0.717) is 12.1 Å². The monoisotopic (exact) mass is 303 g/mol. The maximum absolute atomic E-state index is 13.1. The van der Waals surface area contributed by atoms with Gasteiger partial charge in [-0.25, -0.2) is 8.78 Å². The second-order valence-corrected chi connectivity index (χ2v) is 3.82. The van der Waals surface area contributed by atoms with Crippen molar-refractivity contribution in [2.45, 2.75) is 0 Å². The van der Waals surface area contributed by atoms with Gasteiger partial charge < -0.3 is 15.8 Å². The highest BCUT2D eigenvalue weighted by Crippen LogP contribution is 2.22. The molecule has 21 heavy (non-hydrogen) atoms. The highest BCUT2D eigenvalue weighted by Gasteiger charge is 2.23. The topological polar surface area (TPSA) is 125 Å². The number of halogens is 2. The lowest BCUT2D eigenvalue weighted by atomic mass is 10.1. The van der Waals surface area contributed by atoms with Crippen LogP contribution in [0.3, 0.4) is 0 Å². The van der Waals surface area contributed by atoms with E-state index in [1.807, 2.05) is 0 Å². The first kappa shape index (κ1) is 16.4. The molecule has 0 heterocycles. The van der Waals surface area contributed by atoms with Gasteiger partial charge in [0.25, 0.3) is 11.6 Å². The summed E-state index contributed by atoms with van der Waals surface area (Å²) in [6, 6.07) is 0.765. The van der Waals surface area contributed by atoms with Crippen LogP contribution in [0.4, 0.5) is 14.5 Å². The van der Waals surface area contributed by atoms with Crippen LogP contribution in [0.1, 0.15) is 10.4 Å². The fraction of sp³-hybridized carbons (Fsp3) is 0.273.